The fraction of sp³-hybridized carbons (Fsp3) is 0.378. The van der Waals surface area contributed by atoms with Crippen LogP contribution in [0.5, 0.6) is 0 Å². The highest BCUT2D eigenvalue weighted by atomic mass is 19.2. The van der Waals surface area contributed by atoms with Crippen LogP contribution in [0.15, 0.2) is 86.7 Å². The largest absolute Gasteiger partial charge is 0.678 e. The van der Waals surface area contributed by atoms with E-state index >= 15 is 0 Å². The van der Waals surface area contributed by atoms with E-state index in [0.717, 1.165) is 42.3 Å². The van der Waals surface area contributed by atoms with Crippen molar-refractivity contribution in [3.05, 3.63) is 104 Å². The third-order valence-corrected chi connectivity index (χ3v) is 8.87. The van der Waals surface area contributed by atoms with Crippen molar-refractivity contribution in [2.45, 2.75) is 65.2 Å². The highest BCUT2D eigenvalue weighted by Crippen LogP contribution is 2.31. The van der Waals surface area contributed by atoms with Gasteiger partial charge in [0.1, 0.15) is 11.5 Å². The summed E-state index contributed by atoms with van der Waals surface area (Å²) in [5, 5.41) is 5.20. The maximum absolute atomic E-state index is 14.7. The molecule has 48 heavy (non-hydrogen) atoms. The molecular formula is C37H44BF2N5O3. The quantitative estimate of drug-likeness (QED) is 0.0944. The smallest absolute Gasteiger partial charge is 0.491 e. The molecule has 1 aliphatic rings. The molecule has 3 heterocycles. The number of aromatic nitrogens is 3. The minimum absolute atomic E-state index is 0.232. The second-order valence-electron chi connectivity index (χ2n) is 12.6. The normalized spacial score (nSPS) is 14.3. The number of hydrogen-bond acceptors (Lipinski definition) is 5. The molecule has 0 amide bonds. The van der Waals surface area contributed by atoms with Gasteiger partial charge in [-0.3, -0.25) is 28.4 Å². The van der Waals surface area contributed by atoms with Crippen molar-refractivity contribution in [1.29, 1.82) is 0 Å². The average Bonchev–Trinajstić information content (AvgIpc) is 3.70. The number of ether oxygens (including phenoxy) is 1. The summed E-state index contributed by atoms with van der Waals surface area (Å²) in [6.07, 6.45) is 12.5. The van der Waals surface area contributed by atoms with Crippen LogP contribution in [-0.2, 0) is 4.74 Å². The van der Waals surface area contributed by atoms with Crippen molar-refractivity contribution < 1.29 is 13.4 Å². The summed E-state index contributed by atoms with van der Waals surface area (Å²) >= 11 is 0. The maximum atomic E-state index is 14.7. The number of unbranched alkanes of at least 4 members (excludes halogenated alkanes) is 4. The van der Waals surface area contributed by atoms with Gasteiger partial charge in [0.05, 0.1) is 23.1 Å². The molecule has 0 fully saturated rings. The molecule has 0 aliphatic carbocycles. The summed E-state index contributed by atoms with van der Waals surface area (Å²) < 4.78 is 36.8. The first-order valence-electron chi connectivity index (χ1n) is 16.9. The van der Waals surface area contributed by atoms with Gasteiger partial charge in [0.25, 0.3) is 11.1 Å². The number of hydrogen-bond donors (Lipinski definition) is 2. The van der Waals surface area contributed by atoms with Gasteiger partial charge in [-0.25, -0.2) is 4.99 Å². The minimum atomic E-state index is -2.79. The first kappa shape index (κ1) is 34.7. The molecule has 1 unspecified atom stereocenters. The van der Waals surface area contributed by atoms with E-state index in [2.05, 4.69) is 24.0 Å². The van der Waals surface area contributed by atoms with Crippen LogP contribution in [0.3, 0.4) is 0 Å². The lowest BCUT2D eigenvalue weighted by Gasteiger charge is -2.18. The number of aromatic amines is 2. The van der Waals surface area contributed by atoms with Gasteiger partial charge in [0, 0.05) is 42.8 Å². The van der Waals surface area contributed by atoms with Gasteiger partial charge in [-0.05, 0) is 66.8 Å². The molecule has 2 aromatic carbocycles. The summed E-state index contributed by atoms with van der Waals surface area (Å²) in [6.45, 7) is 4.87. The Labute approximate surface area is 280 Å². The van der Waals surface area contributed by atoms with E-state index in [1.165, 1.54) is 19.3 Å². The number of allylic oxidation sites excluding steroid dienone is 1. The standard InChI is InChI=1S/C37H44BF2N5O3/c1-5-7-9-10-12-25(11-8-6-2)24-48-35-23-32(27-15-19-30-31(21-27)37(47)43-42-36(30)46)41-33(35)22-29-18-20-34(45(29)38(39)40)26-13-16-28(17-14-26)44(3)4/h13-23,25H,5-12,24H2,1-4H3,(H,42,46)(H,43,47)/b33-22-. The van der Waals surface area contributed by atoms with E-state index in [0.29, 0.717) is 46.5 Å². The van der Waals surface area contributed by atoms with Gasteiger partial charge in [-0.2, -0.15) is 0 Å². The van der Waals surface area contributed by atoms with E-state index < -0.39 is 18.5 Å². The molecule has 1 aliphatic heterocycles. The Morgan fingerprint density at radius 1 is 0.875 bits per heavy atom. The number of fused-ring (bicyclic) bond motifs is 1. The average molecular weight is 656 g/mol. The summed E-state index contributed by atoms with van der Waals surface area (Å²) in [5.74, 6) is 0.847. The second-order valence-corrected chi connectivity index (χ2v) is 12.6. The van der Waals surface area contributed by atoms with Gasteiger partial charge in [0.2, 0.25) is 0 Å². The minimum Gasteiger partial charge on any atom is -0.491 e. The first-order chi connectivity index (χ1) is 23.2. The van der Waals surface area contributed by atoms with Crippen LogP contribution >= 0.6 is 0 Å². The number of rotatable bonds is 16. The highest BCUT2D eigenvalue weighted by Gasteiger charge is 2.26. The first-order valence-corrected chi connectivity index (χ1v) is 16.9. The van der Waals surface area contributed by atoms with Gasteiger partial charge < -0.3 is 14.1 Å². The van der Waals surface area contributed by atoms with Crippen molar-refractivity contribution in [3.8, 4) is 11.3 Å². The number of benzene rings is 2. The molecule has 5 rings (SSSR count). The molecule has 0 bridgehead atoms. The van der Waals surface area contributed by atoms with E-state index in [-0.39, 0.29) is 16.5 Å². The molecule has 11 heteroatoms. The van der Waals surface area contributed by atoms with E-state index in [9.17, 15) is 18.2 Å². The van der Waals surface area contributed by atoms with Crippen LogP contribution in [0.2, 0.25) is 0 Å². The Kier molecular flexibility index (Phi) is 11.5. The van der Waals surface area contributed by atoms with Crippen LogP contribution in [-0.4, -0.2) is 48.5 Å². The Balaban J connectivity index is 1.52. The van der Waals surface area contributed by atoms with Crippen molar-refractivity contribution in [3.63, 3.8) is 0 Å². The van der Waals surface area contributed by atoms with Crippen molar-refractivity contribution >= 4 is 35.6 Å². The Morgan fingerprint density at radius 2 is 1.56 bits per heavy atom. The monoisotopic (exact) mass is 655 g/mol. The second kappa shape index (κ2) is 16.0. The lowest BCUT2D eigenvalue weighted by atomic mass is 9.96. The van der Waals surface area contributed by atoms with Crippen molar-refractivity contribution in [1.82, 2.24) is 14.7 Å². The molecule has 2 N–H and O–H groups in total. The van der Waals surface area contributed by atoms with E-state index in [4.69, 9.17) is 9.73 Å². The van der Waals surface area contributed by atoms with Crippen molar-refractivity contribution in [2.75, 3.05) is 25.6 Å². The number of H-pyrrole nitrogens is 2. The van der Waals surface area contributed by atoms with Gasteiger partial charge in [0.15, 0.2) is 0 Å². The number of anilines is 1. The van der Waals surface area contributed by atoms with Gasteiger partial charge >= 0.3 is 7.40 Å². The Hall–Kier alpha value is -4.67. The third-order valence-electron chi connectivity index (χ3n) is 8.87. The number of nitrogens with zero attached hydrogens (tertiary/aromatic N) is 3. The lowest BCUT2D eigenvalue weighted by Crippen LogP contribution is -2.19. The molecule has 0 saturated carbocycles. The summed E-state index contributed by atoms with van der Waals surface area (Å²) in [5.41, 5.74) is 3.03. The fourth-order valence-electron chi connectivity index (χ4n) is 6.10. The SMILES string of the molecule is CCCCCCC(CCCC)COC1=CC(c2ccc3c(=O)[nH][nH]c(=O)c3c2)=N/C1=C\c1ccc(-c2ccc(N(C)C)cc2)n1B(F)F. The molecule has 8 nitrogen and oxygen atoms in total. The summed E-state index contributed by atoms with van der Waals surface area (Å²) in [6, 6.07) is 15.8. The highest BCUT2D eigenvalue weighted by molar-refractivity contribution is 6.42. The molecular weight excluding hydrogens is 611 g/mol. The molecule has 0 spiro atoms. The van der Waals surface area contributed by atoms with Crippen LogP contribution < -0.4 is 16.0 Å². The van der Waals surface area contributed by atoms with E-state index in [1.54, 1.807) is 42.5 Å². The molecule has 0 radical (unpaired) electrons. The zero-order valence-corrected chi connectivity index (χ0v) is 28.2. The Bertz CT molecular complexity index is 1920. The number of aliphatic imine (C=N–C) groups is 1. The predicted molar refractivity (Wildman–Crippen MR) is 193 cm³/mol. The summed E-state index contributed by atoms with van der Waals surface area (Å²) in [4.78, 5) is 31.6. The fourth-order valence-corrected chi connectivity index (χ4v) is 6.10. The zero-order chi connectivity index (χ0) is 34.2. The zero-order valence-electron chi connectivity index (χ0n) is 28.2. The lowest BCUT2D eigenvalue weighted by molar-refractivity contribution is 0.158. The number of halogens is 2. The number of nitrogens with one attached hydrogen (secondary N) is 2. The van der Waals surface area contributed by atoms with Crippen LogP contribution in [0.1, 0.15) is 76.5 Å². The van der Waals surface area contributed by atoms with E-state index in [1.807, 2.05) is 43.3 Å². The maximum Gasteiger partial charge on any atom is 0.678 e. The van der Waals surface area contributed by atoms with Crippen molar-refractivity contribution in [2.24, 2.45) is 10.9 Å². The molecule has 0 saturated heterocycles. The summed E-state index contributed by atoms with van der Waals surface area (Å²) in [7, 11) is 1.07. The predicted octanol–water partition coefficient (Wildman–Crippen LogP) is 8.04. The van der Waals surface area contributed by atoms with Crippen LogP contribution in [0.25, 0.3) is 28.1 Å². The van der Waals surface area contributed by atoms with Gasteiger partial charge in [-0.15, -0.1) is 0 Å². The van der Waals surface area contributed by atoms with Crippen LogP contribution in [0.4, 0.5) is 14.3 Å². The Morgan fingerprint density at radius 3 is 2.25 bits per heavy atom. The molecule has 252 valence electrons. The molecule has 1 atom stereocenters. The topological polar surface area (TPSA) is 95.5 Å². The third kappa shape index (κ3) is 8.06. The van der Waals surface area contributed by atoms with Gasteiger partial charge in [-0.1, -0.05) is 70.6 Å². The molecule has 2 aromatic heterocycles. The van der Waals surface area contributed by atoms with Crippen LogP contribution in [0, 0.1) is 5.92 Å². The molecule has 4 aromatic rings.